The molecule has 1 N–H and O–H groups in total. The van der Waals surface area contributed by atoms with E-state index < -0.39 is 0 Å². The second-order valence-corrected chi connectivity index (χ2v) is 3.89. The van der Waals surface area contributed by atoms with E-state index in [4.69, 9.17) is 4.74 Å². The summed E-state index contributed by atoms with van der Waals surface area (Å²) in [5.41, 5.74) is 0.739. The fraction of sp³-hybridized carbons (Fsp3) is 0.500. The van der Waals surface area contributed by atoms with Gasteiger partial charge in [-0.3, -0.25) is 0 Å². The summed E-state index contributed by atoms with van der Waals surface area (Å²) in [6.45, 7) is 12.4. The van der Waals surface area contributed by atoms with Crippen LogP contribution in [0.2, 0.25) is 0 Å². The minimum atomic E-state index is -0.384. The van der Waals surface area contributed by atoms with Crippen LogP contribution >= 0.6 is 0 Å². The van der Waals surface area contributed by atoms with Crippen molar-refractivity contribution in [3.8, 4) is 0 Å². The van der Waals surface area contributed by atoms with Gasteiger partial charge in [0.1, 0.15) is 6.61 Å². The third-order valence-corrected chi connectivity index (χ3v) is 2.55. The molecule has 0 atom stereocenters. The van der Waals surface area contributed by atoms with Gasteiger partial charge in [-0.15, -0.1) is 0 Å². The molecule has 0 aromatic heterocycles. The summed E-state index contributed by atoms with van der Waals surface area (Å²) in [5, 5.41) is 2.75. The van der Waals surface area contributed by atoms with Gasteiger partial charge in [0.2, 0.25) is 0 Å². The van der Waals surface area contributed by atoms with E-state index in [1.807, 2.05) is 0 Å². The minimum absolute atomic E-state index is 0.207. The Bertz CT molecular complexity index is 278. The van der Waals surface area contributed by atoms with Crippen molar-refractivity contribution in [3.63, 3.8) is 0 Å². The lowest BCUT2D eigenvalue weighted by Gasteiger charge is -2.13. The summed E-state index contributed by atoms with van der Waals surface area (Å²) in [7, 11) is 0. The molecule has 3 heteroatoms. The number of rotatable bonds is 8. The highest BCUT2D eigenvalue weighted by atomic mass is 16.5. The average Bonchev–Trinajstić information content (AvgIpc) is 2.35. The lowest BCUT2D eigenvalue weighted by atomic mass is 10.0. The van der Waals surface area contributed by atoms with Gasteiger partial charge in [0.15, 0.2) is 0 Å². The van der Waals surface area contributed by atoms with Crippen LogP contribution in [0.5, 0.6) is 0 Å². The molecule has 0 rings (SSSR count). The van der Waals surface area contributed by atoms with E-state index in [9.17, 15) is 4.79 Å². The first-order chi connectivity index (χ1) is 8.13. The van der Waals surface area contributed by atoms with Crippen LogP contribution in [-0.2, 0) is 4.74 Å². The number of hydrogen-bond acceptors (Lipinski definition) is 2. The number of allylic oxidation sites excluding steroid dienone is 2. The van der Waals surface area contributed by atoms with Gasteiger partial charge in [-0.2, -0.15) is 0 Å². The molecule has 1 amide bonds. The maximum absolute atomic E-state index is 11.3. The topological polar surface area (TPSA) is 38.3 Å². The Morgan fingerprint density at radius 1 is 1.41 bits per heavy atom. The smallest absolute Gasteiger partial charge is 0.407 e. The Morgan fingerprint density at radius 2 is 2.06 bits per heavy atom. The molecule has 0 aromatic carbocycles. The van der Waals surface area contributed by atoms with E-state index in [0.717, 1.165) is 18.4 Å². The Hall–Kier alpha value is -1.51. The van der Waals surface area contributed by atoms with Gasteiger partial charge in [0, 0.05) is 6.54 Å². The predicted molar refractivity (Wildman–Crippen MR) is 71.9 cm³/mol. The molecule has 0 aliphatic heterocycles. The molecule has 96 valence electrons. The highest BCUT2D eigenvalue weighted by molar-refractivity contribution is 5.67. The van der Waals surface area contributed by atoms with Crippen molar-refractivity contribution in [3.05, 3.63) is 37.0 Å². The Balaban J connectivity index is 3.76. The molecule has 0 spiro atoms. The summed E-state index contributed by atoms with van der Waals surface area (Å²) in [4.78, 5) is 11.3. The molecule has 0 radical (unpaired) electrons. The SMILES string of the molecule is C=C/C=C\C(=C)COC(=O)NCC(CC)CC. The predicted octanol–water partition coefficient (Wildman–Crippen LogP) is 3.45. The van der Waals surface area contributed by atoms with Crippen molar-refractivity contribution in [2.24, 2.45) is 5.92 Å². The van der Waals surface area contributed by atoms with E-state index in [1.54, 1.807) is 18.2 Å². The number of carbonyl (C=O) groups is 1. The zero-order valence-electron chi connectivity index (χ0n) is 10.9. The van der Waals surface area contributed by atoms with Gasteiger partial charge in [0.25, 0.3) is 0 Å². The quantitative estimate of drug-likeness (QED) is 0.657. The van der Waals surface area contributed by atoms with Crippen molar-refractivity contribution in [2.45, 2.75) is 26.7 Å². The van der Waals surface area contributed by atoms with Gasteiger partial charge < -0.3 is 10.1 Å². The van der Waals surface area contributed by atoms with Gasteiger partial charge in [0.05, 0.1) is 0 Å². The first-order valence-electron chi connectivity index (χ1n) is 6.01. The van der Waals surface area contributed by atoms with Crippen LogP contribution in [0.25, 0.3) is 0 Å². The molecule has 0 aliphatic carbocycles. The highest BCUT2D eigenvalue weighted by Gasteiger charge is 2.06. The van der Waals surface area contributed by atoms with E-state index in [2.05, 4.69) is 32.3 Å². The fourth-order valence-corrected chi connectivity index (χ4v) is 1.27. The summed E-state index contributed by atoms with van der Waals surface area (Å²) >= 11 is 0. The molecular formula is C14H23NO2. The standard InChI is InChI=1S/C14H23NO2/c1-5-8-9-12(4)11-17-14(16)15-10-13(6-2)7-3/h5,8-9,13H,1,4,6-7,10-11H2,2-3H3,(H,15,16)/b9-8-. The Kier molecular flexibility index (Phi) is 8.84. The van der Waals surface area contributed by atoms with Crippen LogP contribution in [0.3, 0.4) is 0 Å². The van der Waals surface area contributed by atoms with Crippen molar-refractivity contribution in [1.82, 2.24) is 5.32 Å². The number of ether oxygens (including phenoxy) is 1. The van der Waals surface area contributed by atoms with E-state index in [0.29, 0.717) is 12.5 Å². The molecule has 0 aliphatic rings. The van der Waals surface area contributed by atoms with Gasteiger partial charge in [-0.25, -0.2) is 4.79 Å². The normalized spacial score (nSPS) is 10.5. The molecule has 0 bridgehead atoms. The van der Waals surface area contributed by atoms with E-state index in [1.165, 1.54) is 0 Å². The fourth-order valence-electron chi connectivity index (χ4n) is 1.27. The highest BCUT2D eigenvalue weighted by Crippen LogP contribution is 2.05. The lowest BCUT2D eigenvalue weighted by Crippen LogP contribution is -2.29. The number of amides is 1. The Morgan fingerprint density at radius 3 is 2.59 bits per heavy atom. The van der Waals surface area contributed by atoms with Crippen LogP contribution in [-0.4, -0.2) is 19.2 Å². The zero-order valence-corrected chi connectivity index (χ0v) is 10.9. The third-order valence-electron chi connectivity index (χ3n) is 2.55. The van der Waals surface area contributed by atoms with Gasteiger partial charge in [-0.1, -0.05) is 58.1 Å². The zero-order chi connectivity index (χ0) is 13.1. The molecule has 0 saturated carbocycles. The number of nitrogens with one attached hydrogen (secondary N) is 1. The van der Waals surface area contributed by atoms with Crippen molar-refractivity contribution >= 4 is 6.09 Å². The number of carbonyl (C=O) groups excluding carboxylic acids is 1. The maximum atomic E-state index is 11.3. The van der Waals surface area contributed by atoms with Crippen LogP contribution in [0.4, 0.5) is 4.79 Å². The largest absolute Gasteiger partial charge is 0.445 e. The van der Waals surface area contributed by atoms with Crippen molar-refractivity contribution in [2.75, 3.05) is 13.2 Å². The van der Waals surface area contributed by atoms with Crippen LogP contribution in [0, 0.1) is 5.92 Å². The summed E-state index contributed by atoms with van der Waals surface area (Å²) in [6.07, 6.45) is 6.91. The third kappa shape index (κ3) is 8.31. The van der Waals surface area contributed by atoms with E-state index in [-0.39, 0.29) is 12.7 Å². The van der Waals surface area contributed by atoms with Gasteiger partial charge in [-0.05, 0) is 11.5 Å². The van der Waals surface area contributed by atoms with Gasteiger partial charge >= 0.3 is 6.09 Å². The molecule has 0 heterocycles. The summed E-state index contributed by atoms with van der Waals surface area (Å²) in [6, 6.07) is 0. The lowest BCUT2D eigenvalue weighted by molar-refractivity contribution is 0.154. The average molecular weight is 237 g/mol. The molecule has 0 unspecified atom stereocenters. The first-order valence-corrected chi connectivity index (χ1v) is 6.01. The summed E-state index contributed by atoms with van der Waals surface area (Å²) < 4.78 is 5.01. The van der Waals surface area contributed by atoms with E-state index >= 15 is 0 Å². The second kappa shape index (κ2) is 9.70. The molecular weight excluding hydrogens is 214 g/mol. The van der Waals surface area contributed by atoms with Crippen molar-refractivity contribution < 1.29 is 9.53 Å². The minimum Gasteiger partial charge on any atom is -0.445 e. The number of alkyl carbamates (subject to hydrolysis) is 1. The van der Waals surface area contributed by atoms with Crippen LogP contribution < -0.4 is 5.32 Å². The molecule has 0 saturated heterocycles. The Labute approximate surface area is 104 Å². The molecule has 17 heavy (non-hydrogen) atoms. The summed E-state index contributed by atoms with van der Waals surface area (Å²) in [5.74, 6) is 0.520. The first kappa shape index (κ1) is 15.5. The molecule has 0 fully saturated rings. The number of hydrogen-bond donors (Lipinski definition) is 1. The van der Waals surface area contributed by atoms with Crippen molar-refractivity contribution in [1.29, 1.82) is 0 Å². The molecule has 0 aromatic rings. The molecule has 3 nitrogen and oxygen atoms in total. The second-order valence-electron chi connectivity index (χ2n) is 3.89. The van der Waals surface area contributed by atoms with Crippen LogP contribution in [0.15, 0.2) is 37.0 Å². The monoisotopic (exact) mass is 237 g/mol. The van der Waals surface area contributed by atoms with Crippen LogP contribution in [0.1, 0.15) is 26.7 Å². The maximum Gasteiger partial charge on any atom is 0.407 e.